The number of carbonyl (C=O) groups is 1. The maximum absolute atomic E-state index is 13.8. The van der Waals surface area contributed by atoms with Crippen LogP contribution in [-0.2, 0) is 11.3 Å². The lowest BCUT2D eigenvalue weighted by Gasteiger charge is -2.17. The Labute approximate surface area is 172 Å². The predicted molar refractivity (Wildman–Crippen MR) is 109 cm³/mol. The summed E-state index contributed by atoms with van der Waals surface area (Å²) in [5, 5.41) is 1.32. The van der Waals surface area contributed by atoms with Crippen molar-refractivity contribution in [2.75, 3.05) is 19.9 Å². The number of ether oxygens (including phenoxy) is 1. The SMILES string of the molecule is COc1ccc(CN(C)C(=O)CSc2nccn2-c2cccc(Cl)c2)cc1F. The van der Waals surface area contributed by atoms with E-state index in [1.165, 1.54) is 24.9 Å². The molecule has 1 aromatic heterocycles. The Morgan fingerprint density at radius 1 is 1.32 bits per heavy atom. The van der Waals surface area contributed by atoms with Crippen LogP contribution in [0, 0.1) is 5.82 Å². The highest BCUT2D eigenvalue weighted by molar-refractivity contribution is 7.99. The molecule has 0 radical (unpaired) electrons. The topological polar surface area (TPSA) is 47.4 Å². The molecule has 3 aromatic rings. The van der Waals surface area contributed by atoms with Crippen molar-refractivity contribution in [2.45, 2.75) is 11.7 Å². The number of carbonyl (C=O) groups excluding carboxylic acids is 1. The summed E-state index contributed by atoms with van der Waals surface area (Å²) in [4.78, 5) is 18.4. The molecule has 0 aliphatic rings. The zero-order valence-corrected chi connectivity index (χ0v) is 17.0. The third-order valence-corrected chi connectivity index (χ3v) is 5.27. The van der Waals surface area contributed by atoms with Gasteiger partial charge in [-0.15, -0.1) is 0 Å². The summed E-state index contributed by atoms with van der Waals surface area (Å²) in [7, 11) is 3.10. The minimum Gasteiger partial charge on any atom is -0.494 e. The number of methoxy groups -OCH3 is 1. The molecule has 0 saturated carbocycles. The highest BCUT2D eigenvalue weighted by Gasteiger charge is 2.14. The van der Waals surface area contributed by atoms with Gasteiger partial charge in [-0.3, -0.25) is 9.36 Å². The van der Waals surface area contributed by atoms with E-state index in [0.29, 0.717) is 22.3 Å². The molecule has 0 aliphatic carbocycles. The van der Waals surface area contributed by atoms with Crippen molar-refractivity contribution in [3.05, 3.63) is 71.3 Å². The van der Waals surface area contributed by atoms with Crippen molar-refractivity contribution in [2.24, 2.45) is 0 Å². The Bertz CT molecular complexity index is 980. The fourth-order valence-corrected chi connectivity index (χ4v) is 3.72. The zero-order chi connectivity index (χ0) is 20.1. The molecule has 0 fully saturated rings. The zero-order valence-electron chi connectivity index (χ0n) is 15.4. The van der Waals surface area contributed by atoms with Crippen LogP contribution >= 0.6 is 23.4 Å². The first-order valence-corrected chi connectivity index (χ1v) is 9.82. The number of halogens is 2. The molecule has 0 atom stereocenters. The van der Waals surface area contributed by atoms with E-state index in [2.05, 4.69) is 4.98 Å². The Morgan fingerprint density at radius 3 is 2.86 bits per heavy atom. The molecule has 5 nitrogen and oxygen atoms in total. The fraction of sp³-hybridized carbons (Fsp3) is 0.200. The van der Waals surface area contributed by atoms with Crippen molar-refractivity contribution in [3.8, 4) is 11.4 Å². The van der Waals surface area contributed by atoms with E-state index >= 15 is 0 Å². The summed E-state index contributed by atoms with van der Waals surface area (Å²) in [5.74, 6) is -0.131. The first kappa shape index (κ1) is 20.2. The molecule has 0 spiro atoms. The summed E-state index contributed by atoms with van der Waals surface area (Å²) in [5.41, 5.74) is 1.57. The van der Waals surface area contributed by atoms with Crippen molar-refractivity contribution in [1.29, 1.82) is 0 Å². The molecule has 146 valence electrons. The Kier molecular flexibility index (Phi) is 6.59. The fourth-order valence-electron chi connectivity index (χ4n) is 2.63. The number of nitrogens with zero attached hydrogens (tertiary/aromatic N) is 3. The van der Waals surface area contributed by atoms with Gasteiger partial charge in [0.15, 0.2) is 16.7 Å². The predicted octanol–water partition coefficient (Wildman–Crippen LogP) is 4.42. The normalized spacial score (nSPS) is 10.7. The summed E-state index contributed by atoms with van der Waals surface area (Å²) in [6, 6.07) is 12.1. The van der Waals surface area contributed by atoms with E-state index in [4.69, 9.17) is 16.3 Å². The molecule has 2 aromatic carbocycles. The number of benzene rings is 2. The van der Waals surface area contributed by atoms with Crippen LogP contribution in [0.1, 0.15) is 5.56 Å². The average molecular weight is 420 g/mol. The quantitative estimate of drug-likeness (QED) is 0.532. The molecule has 0 N–H and O–H groups in total. The number of hydrogen-bond donors (Lipinski definition) is 0. The minimum atomic E-state index is -0.446. The Morgan fingerprint density at radius 2 is 2.14 bits per heavy atom. The molecule has 0 saturated heterocycles. The molecule has 0 unspecified atom stereocenters. The van der Waals surface area contributed by atoms with Crippen molar-refractivity contribution in [1.82, 2.24) is 14.5 Å². The van der Waals surface area contributed by atoms with Gasteiger partial charge in [0, 0.05) is 36.7 Å². The number of hydrogen-bond acceptors (Lipinski definition) is 4. The molecule has 1 heterocycles. The number of thioether (sulfide) groups is 1. The number of imidazole rings is 1. The lowest BCUT2D eigenvalue weighted by Crippen LogP contribution is -2.28. The molecule has 8 heteroatoms. The monoisotopic (exact) mass is 419 g/mol. The largest absolute Gasteiger partial charge is 0.494 e. The summed E-state index contributed by atoms with van der Waals surface area (Å²) in [6.07, 6.45) is 3.50. The molecular weight excluding hydrogens is 401 g/mol. The Balaban J connectivity index is 1.61. The van der Waals surface area contributed by atoms with Crippen LogP contribution in [0.3, 0.4) is 0 Å². The second kappa shape index (κ2) is 9.12. The maximum Gasteiger partial charge on any atom is 0.233 e. The standard InChI is InChI=1S/C20H19ClFN3O2S/c1-24(12-14-6-7-18(27-2)17(22)10-14)19(26)13-28-20-23-8-9-25(20)16-5-3-4-15(21)11-16/h3-11H,12-13H2,1-2H3. The number of rotatable bonds is 7. The highest BCUT2D eigenvalue weighted by atomic mass is 35.5. The van der Waals surface area contributed by atoms with Gasteiger partial charge in [0.1, 0.15) is 0 Å². The number of aromatic nitrogens is 2. The highest BCUT2D eigenvalue weighted by Crippen LogP contribution is 2.23. The van der Waals surface area contributed by atoms with Crippen molar-refractivity contribution >= 4 is 29.3 Å². The van der Waals surface area contributed by atoms with Crippen LogP contribution < -0.4 is 4.74 Å². The van der Waals surface area contributed by atoms with E-state index < -0.39 is 5.82 Å². The molecule has 0 bridgehead atoms. The second-order valence-corrected chi connectivity index (χ2v) is 7.45. The van der Waals surface area contributed by atoms with Gasteiger partial charge >= 0.3 is 0 Å². The maximum atomic E-state index is 13.8. The van der Waals surface area contributed by atoms with Gasteiger partial charge in [0.25, 0.3) is 0 Å². The van der Waals surface area contributed by atoms with E-state index in [-0.39, 0.29) is 17.4 Å². The average Bonchev–Trinajstić information content (AvgIpc) is 3.15. The molecule has 28 heavy (non-hydrogen) atoms. The van der Waals surface area contributed by atoms with Crippen molar-refractivity contribution < 1.29 is 13.9 Å². The van der Waals surface area contributed by atoms with E-state index in [1.807, 2.05) is 29.0 Å². The first-order chi connectivity index (χ1) is 13.5. The molecule has 0 aliphatic heterocycles. The van der Waals surface area contributed by atoms with Crippen LogP contribution in [0.5, 0.6) is 5.75 Å². The van der Waals surface area contributed by atoms with Gasteiger partial charge in [-0.25, -0.2) is 9.37 Å². The van der Waals surface area contributed by atoms with Gasteiger partial charge in [-0.2, -0.15) is 0 Å². The summed E-state index contributed by atoms with van der Waals surface area (Å²) in [6.45, 7) is 0.309. The van der Waals surface area contributed by atoms with Crippen LogP contribution in [0.15, 0.2) is 60.0 Å². The van der Waals surface area contributed by atoms with E-state index in [0.717, 1.165) is 5.69 Å². The molecular formula is C20H19ClFN3O2S. The third kappa shape index (κ3) is 4.85. The molecule has 1 amide bonds. The van der Waals surface area contributed by atoms with E-state index in [9.17, 15) is 9.18 Å². The third-order valence-electron chi connectivity index (χ3n) is 4.08. The van der Waals surface area contributed by atoms with Crippen LogP contribution in [0.2, 0.25) is 5.02 Å². The van der Waals surface area contributed by atoms with Gasteiger partial charge in [-0.1, -0.05) is 35.5 Å². The van der Waals surface area contributed by atoms with Gasteiger partial charge in [-0.05, 0) is 35.9 Å². The van der Waals surface area contributed by atoms with E-state index in [1.54, 1.807) is 36.3 Å². The smallest absolute Gasteiger partial charge is 0.233 e. The number of amides is 1. The van der Waals surface area contributed by atoms with Gasteiger partial charge in [0.2, 0.25) is 5.91 Å². The van der Waals surface area contributed by atoms with Crippen LogP contribution in [0.25, 0.3) is 5.69 Å². The summed E-state index contributed by atoms with van der Waals surface area (Å²) >= 11 is 7.39. The minimum absolute atomic E-state index is 0.0816. The lowest BCUT2D eigenvalue weighted by molar-refractivity contribution is -0.127. The van der Waals surface area contributed by atoms with Gasteiger partial charge < -0.3 is 9.64 Å². The lowest BCUT2D eigenvalue weighted by atomic mass is 10.2. The van der Waals surface area contributed by atoms with Crippen molar-refractivity contribution in [3.63, 3.8) is 0 Å². The second-order valence-electron chi connectivity index (χ2n) is 6.07. The first-order valence-electron chi connectivity index (χ1n) is 8.46. The van der Waals surface area contributed by atoms with Crippen LogP contribution in [0.4, 0.5) is 4.39 Å². The summed E-state index contributed by atoms with van der Waals surface area (Å²) < 4.78 is 20.6. The Hall–Kier alpha value is -2.51. The molecule has 3 rings (SSSR count). The van der Waals surface area contributed by atoms with Gasteiger partial charge in [0.05, 0.1) is 12.9 Å². The van der Waals surface area contributed by atoms with Crippen LogP contribution in [-0.4, -0.2) is 40.3 Å².